The molecule has 0 amide bonds. The van der Waals surface area contributed by atoms with E-state index in [1.54, 1.807) is 0 Å². The summed E-state index contributed by atoms with van der Waals surface area (Å²) in [7, 11) is 0. The van der Waals surface area contributed by atoms with Gasteiger partial charge >= 0.3 is 0 Å². The molecule has 0 aliphatic carbocycles. The van der Waals surface area contributed by atoms with Crippen LogP contribution in [-0.4, -0.2) is 25.3 Å². The molecule has 0 aromatic heterocycles. The lowest BCUT2D eigenvalue weighted by Gasteiger charge is -2.20. The van der Waals surface area contributed by atoms with Gasteiger partial charge < -0.3 is 14.8 Å². The maximum absolute atomic E-state index is 6.30. The molecule has 0 unspecified atom stereocenters. The minimum Gasteiger partial charge on any atom is -0.489 e. The second-order valence-electron chi connectivity index (χ2n) is 6.47. The number of rotatable bonds is 3. The lowest BCUT2D eigenvalue weighted by atomic mass is 10.1. The SMILES string of the molecule is CC(=Cc1cc(Cl)c2c(c1)OCCCO2)CNC(C)(C)C. The third kappa shape index (κ3) is 4.94. The van der Waals surface area contributed by atoms with E-state index < -0.39 is 0 Å². The second kappa shape index (κ2) is 6.71. The quantitative estimate of drug-likeness (QED) is 0.903. The summed E-state index contributed by atoms with van der Waals surface area (Å²) >= 11 is 6.30. The number of nitrogens with one attached hydrogen (secondary N) is 1. The summed E-state index contributed by atoms with van der Waals surface area (Å²) < 4.78 is 11.4. The fourth-order valence-electron chi connectivity index (χ4n) is 2.07. The molecule has 116 valence electrons. The van der Waals surface area contributed by atoms with E-state index >= 15 is 0 Å². The Kier molecular flexibility index (Phi) is 5.17. The summed E-state index contributed by atoms with van der Waals surface area (Å²) in [6, 6.07) is 3.92. The van der Waals surface area contributed by atoms with Gasteiger partial charge in [-0.2, -0.15) is 0 Å². The Morgan fingerprint density at radius 1 is 1.29 bits per heavy atom. The molecule has 1 aromatic rings. The fraction of sp³-hybridized carbons (Fsp3) is 0.529. The van der Waals surface area contributed by atoms with E-state index in [1.165, 1.54) is 5.57 Å². The third-order valence-electron chi connectivity index (χ3n) is 3.14. The van der Waals surface area contributed by atoms with Crippen molar-refractivity contribution in [2.45, 2.75) is 39.7 Å². The van der Waals surface area contributed by atoms with Crippen LogP contribution in [0.3, 0.4) is 0 Å². The standard InChI is InChI=1S/C17H24ClNO2/c1-12(11-19-17(2,3)4)8-13-9-14(18)16-15(10-13)20-6-5-7-21-16/h8-10,19H,5-7,11H2,1-4H3. The molecule has 0 saturated heterocycles. The van der Waals surface area contributed by atoms with Gasteiger partial charge in [0, 0.05) is 18.5 Å². The summed E-state index contributed by atoms with van der Waals surface area (Å²) in [6.07, 6.45) is 3.00. The van der Waals surface area contributed by atoms with E-state index in [9.17, 15) is 0 Å². The topological polar surface area (TPSA) is 30.5 Å². The van der Waals surface area contributed by atoms with Gasteiger partial charge in [0.05, 0.1) is 18.2 Å². The average molecular weight is 310 g/mol. The average Bonchev–Trinajstić information content (AvgIpc) is 2.61. The minimum absolute atomic E-state index is 0.109. The highest BCUT2D eigenvalue weighted by atomic mass is 35.5. The highest BCUT2D eigenvalue weighted by Crippen LogP contribution is 2.38. The Labute approximate surface area is 132 Å². The van der Waals surface area contributed by atoms with Gasteiger partial charge in [0.15, 0.2) is 11.5 Å². The second-order valence-corrected chi connectivity index (χ2v) is 6.88. The maximum atomic E-state index is 6.30. The Balaban J connectivity index is 2.17. The van der Waals surface area contributed by atoms with Crippen molar-refractivity contribution in [2.75, 3.05) is 19.8 Å². The smallest absolute Gasteiger partial charge is 0.179 e. The summed E-state index contributed by atoms with van der Waals surface area (Å²) in [6.45, 7) is 10.7. The molecule has 0 fully saturated rings. The zero-order valence-corrected chi connectivity index (χ0v) is 14.0. The van der Waals surface area contributed by atoms with Crippen LogP contribution in [0.2, 0.25) is 5.02 Å². The molecule has 3 nitrogen and oxygen atoms in total. The van der Waals surface area contributed by atoms with Crippen molar-refractivity contribution < 1.29 is 9.47 Å². The highest BCUT2D eigenvalue weighted by molar-refractivity contribution is 6.32. The molecule has 0 bridgehead atoms. The normalized spacial score (nSPS) is 15.8. The number of halogens is 1. The van der Waals surface area contributed by atoms with E-state index in [2.05, 4.69) is 39.1 Å². The molecular weight excluding hydrogens is 286 g/mol. The van der Waals surface area contributed by atoms with Gasteiger partial charge in [0.1, 0.15) is 0 Å². The fourth-order valence-corrected chi connectivity index (χ4v) is 2.35. The van der Waals surface area contributed by atoms with Crippen LogP contribution in [0.15, 0.2) is 17.7 Å². The molecule has 21 heavy (non-hydrogen) atoms. The third-order valence-corrected chi connectivity index (χ3v) is 3.42. The Morgan fingerprint density at radius 3 is 2.71 bits per heavy atom. The Morgan fingerprint density at radius 2 is 2.00 bits per heavy atom. The van der Waals surface area contributed by atoms with Gasteiger partial charge in [-0.25, -0.2) is 0 Å². The van der Waals surface area contributed by atoms with Gasteiger partial charge in [0.25, 0.3) is 0 Å². The van der Waals surface area contributed by atoms with E-state index in [4.69, 9.17) is 21.1 Å². The van der Waals surface area contributed by atoms with Crippen molar-refractivity contribution in [1.29, 1.82) is 0 Å². The predicted molar refractivity (Wildman–Crippen MR) is 88.5 cm³/mol. The van der Waals surface area contributed by atoms with Crippen LogP contribution in [0.25, 0.3) is 6.08 Å². The molecule has 1 N–H and O–H groups in total. The number of hydrogen-bond donors (Lipinski definition) is 1. The highest BCUT2D eigenvalue weighted by Gasteiger charge is 2.15. The lowest BCUT2D eigenvalue weighted by Crippen LogP contribution is -2.36. The van der Waals surface area contributed by atoms with Crippen LogP contribution in [0.5, 0.6) is 11.5 Å². The number of hydrogen-bond acceptors (Lipinski definition) is 3. The van der Waals surface area contributed by atoms with Crippen molar-refractivity contribution >= 4 is 17.7 Å². The molecule has 0 spiro atoms. The largest absolute Gasteiger partial charge is 0.489 e. The lowest BCUT2D eigenvalue weighted by molar-refractivity contribution is 0.297. The van der Waals surface area contributed by atoms with Crippen LogP contribution >= 0.6 is 11.6 Å². The van der Waals surface area contributed by atoms with E-state index in [0.29, 0.717) is 24.0 Å². The first kappa shape index (κ1) is 16.2. The van der Waals surface area contributed by atoms with Crippen molar-refractivity contribution in [1.82, 2.24) is 5.32 Å². The van der Waals surface area contributed by atoms with Crippen molar-refractivity contribution in [3.63, 3.8) is 0 Å². The van der Waals surface area contributed by atoms with Crippen LogP contribution in [-0.2, 0) is 0 Å². The summed E-state index contributed by atoms with van der Waals surface area (Å²) in [4.78, 5) is 0. The van der Waals surface area contributed by atoms with Crippen LogP contribution < -0.4 is 14.8 Å². The molecule has 0 saturated carbocycles. The van der Waals surface area contributed by atoms with Gasteiger partial charge in [0.2, 0.25) is 0 Å². The first-order chi connectivity index (χ1) is 9.85. The maximum Gasteiger partial charge on any atom is 0.179 e. The van der Waals surface area contributed by atoms with Crippen molar-refractivity contribution in [2.24, 2.45) is 0 Å². The number of fused-ring (bicyclic) bond motifs is 1. The zero-order valence-electron chi connectivity index (χ0n) is 13.3. The molecule has 1 aliphatic heterocycles. The van der Waals surface area contributed by atoms with Crippen molar-refractivity contribution in [3.05, 3.63) is 28.3 Å². The first-order valence-corrected chi connectivity index (χ1v) is 7.74. The zero-order chi connectivity index (χ0) is 15.5. The molecule has 0 radical (unpaired) electrons. The van der Waals surface area contributed by atoms with Crippen molar-refractivity contribution in [3.8, 4) is 11.5 Å². The van der Waals surface area contributed by atoms with Crippen LogP contribution in [0, 0.1) is 0 Å². The predicted octanol–water partition coefficient (Wildman–Crippen LogP) is 4.29. The van der Waals surface area contributed by atoms with Gasteiger partial charge in [-0.3, -0.25) is 0 Å². The number of benzene rings is 1. The number of ether oxygens (including phenoxy) is 2. The van der Waals surface area contributed by atoms with Crippen LogP contribution in [0.4, 0.5) is 0 Å². The molecule has 4 heteroatoms. The molecule has 1 heterocycles. The van der Waals surface area contributed by atoms with E-state index in [-0.39, 0.29) is 5.54 Å². The Hall–Kier alpha value is -1.19. The minimum atomic E-state index is 0.109. The monoisotopic (exact) mass is 309 g/mol. The summed E-state index contributed by atoms with van der Waals surface area (Å²) in [5, 5.41) is 4.08. The van der Waals surface area contributed by atoms with E-state index in [0.717, 1.165) is 24.3 Å². The molecular formula is C17H24ClNO2. The molecule has 2 rings (SSSR count). The Bertz CT molecular complexity index is 532. The summed E-state index contributed by atoms with van der Waals surface area (Å²) in [5.74, 6) is 1.40. The molecule has 1 aliphatic rings. The van der Waals surface area contributed by atoms with Gasteiger partial charge in [-0.1, -0.05) is 23.3 Å². The first-order valence-electron chi connectivity index (χ1n) is 7.36. The van der Waals surface area contributed by atoms with Gasteiger partial charge in [-0.15, -0.1) is 0 Å². The van der Waals surface area contributed by atoms with E-state index in [1.807, 2.05) is 12.1 Å². The van der Waals surface area contributed by atoms with Gasteiger partial charge in [-0.05, 0) is 45.4 Å². The van der Waals surface area contributed by atoms with Crippen LogP contribution in [0.1, 0.15) is 39.7 Å². The summed E-state index contributed by atoms with van der Waals surface area (Å²) in [5.41, 5.74) is 2.39. The molecule has 0 atom stereocenters. The molecule has 1 aromatic carbocycles.